The van der Waals surface area contributed by atoms with Gasteiger partial charge in [-0.15, -0.1) is 0 Å². The van der Waals surface area contributed by atoms with Gasteiger partial charge in [-0.05, 0) is 0 Å². The Morgan fingerprint density at radius 1 is 1.67 bits per heavy atom. The first-order chi connectivity index (χ1) is 5.49. The van der Waals surface area contributed by atoms with E-state index in [0.717, 1.165) is 0 Å². The van der Waals surface area contributed by atoms with Crippen LogP contribution in [0.4, 0.5) is 0 Å². The third kappa shape index (κ3) is 1.42. The molecule has 0 aliphatic carbocycles. The first kappa shape index (κ1) is 9.40. The minimum Gasteiger partial charge on any atom is -0.477 e. The highest BCUT2D eigenvalue weighted by molar-refractivity contribution is 5.75. The van der Waals surface area contributed by atoms with Crippen LogP contribution in [0.5, 0.6) is 0 Å². The summed E-state index contributed by atoms with van der Waals surface area (Å²) in [5.41, 5.74) is 0. The highest BCUT2D eigenvalue weighted by Crippen LogP contribution is 2.28. The second-order valence-electron chi connectivity index (χ2n) is 2.70. The first-order valence-electron chi connectivity index (χ1n) is 3.42. The lowest BCUT2D eigenvalue weighted by Crippen LogP contribution is -2.38. The van der Waals surface area contributed by atoms with Crippen molar-refractivity contribution in [2.75, 3.05) is 6.61 Å². The molecule has 6 nitrogen and oxygen atoms in total. The summed E-state index contributed by atoms with van der Waals surface area (Å²) in [5, 5.41) is 35.2. The number of carboxylic acid groups (broad SMARTS) is 1. The van der Waals surface area contributed by atoms with Crippen LogP contribution in [0, 0.1) is 0 Å². The van der Waals surface area contributed by atoms with Gasteiger partial charge < -0.3 is 25.2 Å². The van der Waals surface area contributed by atoms with Gasteiger partial charge in [-0.1, -0.05) is 0 Å². The number of ether oxygens (including phenoxy) is 1. The summed E-state index contributed by atoms with van der Waals surface area (Å²) in [7, 11) is 0. The fourth-order valence-corrected chi connectivity index (χ4v) is 1.09. The molecular formula is C6H10O6. The normalized spacial score (nSPS) is 41.6. The molecule has 1 fully saturated rings. The predicted molar refractivity (Wildman–Crippen MR) is 35.2 cm³/mol. The smallest absolute Gasteiger partial charge is 0.364 e. The lowest BCUT2D eigenvalue weighted by molar-refractivity contribution is -0.219. The van der Waals surface area contributed by atoms with Crippen molar-refractivity contribution in [3.63, 3.8) is 0 Å². The van der Waals surface area contributed by atoms with Crippen molar-refractivity contribution in [2.45, 2.75) is 24.4 Å². The summed E-state index contributed by atoms with van der Waals surface area (Å²) < 4.78 is 4.53. The van der Waals surface area contributed by atoms with Crippen LogP contribution in [0.25, 0.3) is 0 Å². The Bertz CT molecular complexity index is 192. The van der Waals surface area contributed by atoms with E-state index in [4.69, 9.17) is 20.4 Å². The highest BCUT2D eigenvalue weighted by Gasteiger charge is 2.50. The molecule has 70 valence electrons. The van der Waals surface area contributed by atoms with Crippen molar-refractivity contribution in [1.29, 1.82) is 0 Å². The maximum Gasteiger partial charge on any atom is 0.364 e. The van der Waals surface area contributed by atoms with Crippen molar-refractivity contribution < 1.29 is 30.0 Å². The van der Waals surface area contributed by atoms with Crippen LogP contribution < -0.4 is 0 Å². The molecule has 1 aliphatic rings. The average Bonchev–Trinajstić information content (AvgIpc) is 2.27. The molecule has 0 aromatic rings. The van der Waals surface area contributed by atoms with Crippen molar-refractivity contribution in [3.05, 3.63) is 0 Å². The van der Waals surface area contributed by atoms with E-state index >= 15 is 0 Å². The highest BCUT2D eigenvalue weighted by atomic mass is 16.7. The largest absolute Gasteiger partial charge is 0.477 e. The SMILES string of the molecule is O=C(O)[C@@]1(O)C[C@@H](O)[C@H](CO)O1. The van der Waals surface area contributed by atoms with E-state index in [1.54, 1.807) is 0 Å². The van der Waals surface area contributed by atoms with E-state index in [0.29, 0.717) is 0 Å². The van der Waals surface area contributed by atoms with Crippen LogP contribution in [-0.2, 0) is 9.53 Å². The van der Waals surface area contributed by atoms with Gasteiger partial charge in [0, 0.05) is 6.42 Å². The Morgan fingerprint density at radius 3 is 2.50 bits per heavy atom. The molecule has 0 radical (unpaired) electrons. The van der Waals surface area contributed by atoms with Crippen LogP contribution in [-0.4, -0.2) is 51.0 Å². The predicted octanol–water partition coefficient (Wildman–Crippen LogP) is -2.10. The van der Waals surface area contributed by atoms with E-state index in [2.05, 4.69) is 4.74 Å². The van der Waals surface area contributed by atoms with Crippen LogP contribution in [0.3, 0.4) is 0 Å². The van der Waals surface area contributed by atoms with Crippen LogP contribution in [0.2, 0.25) is 0 Å². The van der Waals surface area contributed by atoms with Crippen molar-refractivity contribution >= 4 is 5.97 Å². The number of aliphatic hydroxyl groups excluding tert-OH is 2. The second-order valence-corrected chi connectivity index (χ2v) is 2.70. The minimum atomic E-state index is -2.35. The first-order valence-corrected chi connectivity index (χ1v) is 3.42. The third-order valence-electron chi connectivity index (χ3n) is 1.78. The van der Waals surface area contributed by atoms with E-state index < -0.39 is 37.0 Å². The summed E-state index contributed by atoms with van der Waals surface area (Å²) in [6.45, 7) is -0.517. The quantitative estimate of drug-likeness (QED) is 0.386. The molecule has 3 atom stereocenters. The Balaban J connectivity index is 2.70. The molecule has 0 amide bonds. The fraction of sp³-hybridized carbons (Fsp3) is 0.833. The zero-order valence-electron chi connectivity index (χ0n) is 6.17. The number of hydrogen-bond donors (Lipinski definition) is 4. The van der Waals surface area contributed by atoms with E-state index in [1.165, 1.54) is 0 Å². The van der Waals surface area contributed by atoms with E-state index in [-0.39, 0.29) is 0 Å². The van der Waals surface area contributed by atoms with Gasteiger partial charge in [0.2, 0.25) is 0 Å². The van der Waals surface area contributed by atoms with Gasteiger partial charge in [-0.3, -0.25) is 0 Å². The number of hydrogen-bond acceptors (Lipinski definition) is 5. The van der Waals surface area contributed by atoms with Crippen molar-refractivity contribution in [3.8, 4) is 0 Å². The average molecular weight is 178 g/mol. The molecule has 0 saturated carbocycles. The lowest BCUT2D eigenvalue weighted by atomic mass is 10.1. The molecule has 12 heavy (non-hydrogen) atoms. The number of carbonyl (C=O) groups is 1. The fourth-order valence-electron chi connectivity index (χ4n) is 1.09. The summed E-state index contributed by atoms with van der Waals surface area (Å²) in [5.74, 6) is -3.91. The van der Waals surface area contributed by atoms with Gasteiger partial charge in [-0.2, -0.15) is 0 Å². The van der Waals surface area contributed by atoms with Gasteiger partial charge in [0.15, 0.2) is 0 Å². The third-order valence-corrected chi connectivity index (χ3v) is 1.78. The van der Waals surface area contributed by atoms with E-state index in [1.807, 2.05) is 0 Å². The van der Waals surface area contributed by atoms with Gasteiger partial charge in [0.1, 0.15) is 6.10 Å². The maximum absolute atomic E-state index is 10.4. The molecule has 1 saturated heterocycles. The van der Waals surface area contributed by atoms with Gasteiger partial charge in [0.05, 0.1) is 12.7 Å². The Kier molecular flexibility index (Phi) is 2.34. The monoisotopic (exact) mass is 178 g/mol. The molecule has 0 unspecified atom stereocenters. The summed E-state index contributed by atoms with van der Waals surface area (Å²) in [6, 6.07) is 0. The Hall–Kier alpha value is -0.690. The number of rotatable bonds is 2. The van der Waals surface area contributed by atoms with Crippen LogP contribution in [0.15, 0.2) is 0 Å². The second kappa shape index (κ2) is 2.98. The summed E-state index contributed by atoms with van der Waals surface area (Å²) in [4.78, 5) is 10.4. The number of aliphatic carboxylic acids is 1. The van der Waals surface area contributed by atoms with Gasteiger partial charge >= 0.3 is 5.97 Å². The molecule has 1 aliphatic heterocycles. The topological polar surface area (TPSA) is 107 Å². The van der Waals surface area contributed by atoms with Crippen LogP contribution >= 0.6 is 0 Å². The molecule has 0 spiro atoms. The standard InChI is InChI=1S/C6H10O6/c7-2-4-3(8)1-6(11,12-4)5(9)10/h3-4,7-8,11H,1-2H2,(H,9,10)/t3-,4+,6-/m1/s1. The Morgan fingerprint density at radius 2 is 2.25 bits per heavy atom. The maximum atomic E-state index is 10.4. The summed E-state index contributed by atoms with van der Waals surface area (Å²) in [6.07, 6.45) is -2.59. The minimum absolute atomic E-state index is 0.423. The zero-order chi connectivity index (χ0) is 9.35. The number of aliphatic hydroxyl groups is 3. The molecule has 4 N–H and O–H groups in total. The van der Waals surface area contributed by atoms with Gasteiger partial charge in [0.25, 0.3) is 5.79 Å². The van der Waals surface area contributed by atoms with Gasteiger partial charge in [-0.25, -0.2) is 4.79 Å². The molecular weight excluding hydrogens is 168 g/mol. The lowest BCUT2D eigenvalue weighted by Gasteiger charge is -2.16. The number of carboxylic acids is 1. The summed E-state index contributed by atoms with van der Waals surface area (Å²) >= 11 is 0. The molecule has 0 aromatic carbocycles. The Labute approximate surface area is 68.0 Å². The molecule has 1 rings (SSSR count). The molecule has 6 heteroatoms. The van der Waals surface area contributed by atoms with Crippen molar-refractivity contribution in [2.24, 2.45) is 0 Å². The van der Waals surface area contributed by atoms with Crippen molar-refractivity contribution in [1.82, 2.24) is 0 Å². The zero-order valence-corrected chi connectivity index (χ0v) is 6.17. The molecule has 0 bridgehead atoms. The van der Waals surface area contributed by atoms with Crippen LogP contribution in [0.1, 0.15) is 6.42 Å². The van der Waals surface area contributed by atoms with E-state index in [9.17, 15) is 4.79 Å². The molecule has 1 heterocycles. The molecule has 0 aromatic heterocycles.